The molecule has 1 heterocycles. The van der Waals surface area contributed by atoms with Crippen LogP contribution in [-0.2, 0) is 14.8 Å². The van der Waals surface area contributed by atoms with Crippen molar-refractivity contribution >= 4 is 21.6 Å². The quantitative estimate of drug-likeness (QED) is 0.740. The number of rotatable bonds is 5. The van der Waals surface area contributed by atoms with Gasteiger partial charge in [-0.3, -0.25) is 4.79 Å². The summed E-state index contributed by atoms with van der Waals surface area (Å²) in [6, 6.07) is 10.3. The fourth-order valence-corrected chi connectivity index (χ4v) is 4.82. The Morgan fingerprint density at radius 2 is 1.65 bits per heavy atom. The molecule has 1 saturated heterocycles. The van der Waals surface area contributed by atoms with Gasteiger partial charge < -0.3 is 14.8 Å². The molecule has 11 heteroatoms. The maximum atomic E-state index is 12.9. The third-order valence-corrected chi connectivity index (χ3v) is 6.35. The minimum absolute atomic E-state index is 0.00570. The average molecular weight is 458 g/mol. The van der Waals surface area contributed by atoms with Crippen LogP contribution in [0.15, 0.2) is 53.4 Å². The Labute approximate surface area is 177 Å². The number of benzene rings is 2. The first kappa shape index (κ1) is 23.0. The van der Waals surface area contributed by atoms with E-state index in [0.717, 1.165) is 6.07 Å². The first-order valence-corrected chi connectivity index (χ1v) is 10.8. The predicted molar refractivity (Wildman–Crippen MR) is 106 cm³/mol. The van der Waals surface area contributed by atoms with Crippen molar-refractivity contribution < 1.29 is 35.9 Å². The molecule has 1 aliphatic rings. The maximum Gasteiger partial charge on any atom is 0.573 e. The van der Waals surface area contributed by atoms with Crippen molar-refractivity contribution in [2.75, 3.05) is 18.4 Å². The van der Waals surface area contributed by atoms with Gasteiger partial charge in [-0.2, -0.15) is 4.31 Å². The molecule has 0 bridgehead atoms. The summed E-state index contributed by atoms with van der Waals surface area (Å²) >= 11 is 0. The standard InChI is InChI=1S/C20H21F3N2O5S/c1-13-11-25(12-14(2)29-13)31(27,28)16-9-7-15(8-10-16)19(26)24-17-5-3-4-6-18(17)30-20(21,22)23/h3-10,13-14H,11-12H2,1-2H3,(H,24,26)/t13-,14-/m1/s1. The lowest BCUT2D eigenvalue weighted by molar-refractivity contribution is -0.274. The monoisotopic (exact) mass is 458 g/mol. The number of nitrogens with one attached hydrogen (secondary N) is 1. The zero-order valence-corrected chi connectivity index (χ0v) is 17.5. The second kappa shape index (κ2) is 8.85. The van der Waals surface area contributed by atoms with Crippen LogP contribution in [0, 0.1) is 0 Å². The van der Waals surface area contributed by atoms with Crippen LogP contribution in [0.1, 0.15) is 24.2 Å². The highest BCUT2D eigenvalue weighted by Gasteiger charge is 2.33. The van der Waals surface area contributed by atoms with Crippen molar-refractivity contribution in [3.8, 4) is 5.75 Å². The van der Waals surface area contributed by atoms with Crippen LogP contribution in [0.3, 0.4) is 0 Å². The smallest absolute Gasteiger partial charge is 0.404 e. The second-order valence-electron chi connectivity index (χ2n) is 7.10. The largest absolute Gasteiger partial charge is 0.573 e. The van der Waals surface area contributed by atoms with Gasteiger partial charge in [0, 0.05) is 18.7 Å². The summed E-state index contributed by atoms with van der Waals surface area (Å²) in [5.74, 6) is -1.27. The summed E-state index contributed by atoms with van der Waals surface area (Å²) in [5.41, 5.74) is -0.0951. The molecule has 1 aliphatic heterocycles. The van der Waals surface area contributed by atoms with Crippen LogP contribution in [-0.4, -0.2) is 50.3 Å². The molecule has 0 spiro atoms. The Morgan fingerprint density at radius 3 is 2.23 bits per heavy atom. The molecule has 168 valence electrons. The van der Waals surface area contributed by atoms with Gasteiger partial charge in [-0.1, -0.05) is 12.1 Å². The Kier molecular flexibility index (Phi) is 6.58. The molecule has 31 heavy (non-hydrogen) atoms. The number of anilines is 1. The highest BCUT2D eigenvalue weighted by molar-refractivity contribution is 7.89. The highest BCUT2D eigenvalue weighted by atomic mass is 32.2. The number of amides is 1. The van der Waals surface area contributed by atoms with E-state index >= 15 is 0 Å². The molecule has 3 rings (SSSR count). The van der Waals surface area contributed by atoms with E-state index in [-0.39, 0.29) is 41.4 Å². The molecule has 0 radical (unpaired) electrons. The summed E-state index contributed by atoms with van der Waals surface area (Å²) in [7, 11) is -3.78. The van der Waals surface area contributed by atoms with Gasteiger partial charge in [0.05, 0.1) is 22.8 Å². The van der Waals surface area contributed by atoms with Crippen LogP contribution in [0.25, 0.3) is 0 Å². The van der Waals surface area contributed by atoms with Crippen molar-refractivity contribution in [3.63, 3.8) is 0 Å². The number of hydrogen-bond donors (Lipinski definition) is 1. The number of alkyl halides is 3. The molecule has 1 fully saturated rings. The molecular weight excluding hydrogens is 437 g/mol. The topological polar surface area (TPSA) is 84.9 Å². The molecule has 2 aromatic rings. The number of halogens is 3. The first-order valence-electron chi connectivity index (χ1n) is 9.37. The summed E-state index contributed by atoms with van der Waals surface area (Å²) in [6.07, 6.45) is -5.41. The Morgan fingerprint density at radius 1 is 1.06 bits per heavy atom. The summed E-state index contributed by atoms with van der Waals surface area (Å²) < 4.78 is 74.1. The van der Waals surface area contributed by atoms with Gasteiger partial charge in [-0.05, 0) is 50.2 Å². The van der Waals surface area contributed by atoms with Crippen LogP contribution < -0.4 is 10.1 Å². The van der Waals surface area contributed by atoms with E-state index in [9.17, 15) is 26.4 Å². The van der Waals surface area contributed by atoms with Crippen molar-refractivity contribution in [2.24, 2.45) is 0 Å². The number of carbonyl (C=O) groups is 1. The van der Waals surface area contributed by atoms with Crippen molar-refractivity contribution in [2.45, 2.75) is 37.3 Å². The molecule has 0 unspecified atom stereocenters. The zero-order valence-electron chi connectivity index (χ0n) is 16.7. The molecule has 2 atom stereocenters. The molecule has 1 N–H and O–H groups in total. The maximum absolute atomic E-state index is 12.9. The fourth-order valence-electron chi connectivity index (χ4n) is 3.23. The van der Waals surface area contributed by atoms with Crippen LogP contribution in [0.2, 0.25) is 0 Å². The van der Waals surface area contributed by atoms with E-state index in [2.05, 4.69) is 10.1 Å². The lowest BCUT2D eigenvalue weighted by Gasteiger charge is -2.34. The molecule has 0 saturated carbocycles. The number of sulfonamides is 1. The van der Waals surface area contributed by atoms with Gasteiger partial charge in [0.1, 0.15) is 0 Å². The number of nitrogens with zero attached hydrogens (tertiary/aromatic N) is 1. The molecule has 7 nitrogen and oxygen atoms in total. The van der Waals surface area contributed by atoms with E-state index in [1.807, 2.05) is 0 Å². The number of carbonyl (C=O) groups excluding carboxylic acids is 1. The summed E-state index contributed by atoms with van der Waals surface area (Å²) in [6.45, 7) is 3.99. The van der Waals surface area contributed by atoms with Crippen LogP contribution >= 0.6 is 0 Å². The molecule has 0 aliphatic carbocycles. The summed E-state index contributed by atoms with van der Waals surface area (Å²) in [4.78, 5) is 12.5. The minimum Gasteiger partial charge on any atom is -0.404 e. The van der Waals surface area contributed by atoms with E-state index in [0.29, 0.717) is 0 Å². The first-order chi connectivity index (χ1) is 14.5. The van der Waals surface area contributed by atoms with Crippen LogP contribution in [0.4, 0.5) is 18.9 Å². The summed E-state index contributed by atoms with van der Waals surface area (Å²) in [5, 5.41) is 2.34. The number of hydrogen-bond acceptors (Lipinski definition) is 5. The van der Waals surface area contributed by atoms with Gasteiger partial charge in [0.25, 0.3) is 5.91 Å². The lowest BCUT2D eigenvalue weighted by atomic mass is 10.2. The van der Waals surface area contributed by atoms with E-state index < -0.39 is 28.0 Å². The molecular formula is C20H21F3N2O5S. The van der Waals surface area contributed by atoms with Crippen LogP contribution in [0.5, 0.6) is 5.75 Å². The predicted octanol–water partition coefficient (Wildman–Crippen LogP) is 3.64. The molecule has 1 amide bonds. The van der Waals surface area contributed by atoms with E-state index in [4.69, 9.17) is 4.74 Å². The van der Waals surface area contributed by atoms with E-state index in [1.165, 1.54) is 46.8 Å². The normalized spacial score (nSPS) is 20.3. The SMILES string of the molecule is C[C@@H]1CN(S(=O)(=O)c2ccc(C(=O)Nc3ccccc3OC(F)(F)F)cc2)C[C@@H](C)O1. The van der Waals surface area contributed by atoms with Crippen molar-refractivity contribution in [1.29, 1.82) is 0 Å². The third kappa shape index (κ3) is 5.75. The average Bonchev–Trinajstić information content (AvgIpc) is 2.67. The minimum atomic E-state index is -4.91. The third-order valence-electron chi connectivity index (χ3n) is 4.50. The number of ether oxygens (including phenoxy) is 2. The molecule has 2 aromatic carbocycles. The Hall–Kier alpha value is -2.63. The zero-order chi connectivity index (χ0) is 22.8. The van der Waals surface area contributed by atoms with Gasteiger partial charge in [0.2, 0.25) is 10.0 Å². The van der Waals surface area contributed by atoms with Gasteiger partial charge in [0.15, 0.2) is 5.75 Å². The Balaban J connectivity index is 1.76. The van der Waals surface area contributed by atoms with Crippen molar-refractivity contribution in [1.82, 2.24) is 4.31 Å². The number of para-hydroxylation sites is 2. The fraction of sp³-hybridized carbons (Fsp3) is 0.350. The Bertz CT molecular complexity index is 1030. The van der Waals surface area contributed by atoms with Gasteiger partial charge in [-0.25, -0.2) is 8.42 Å². The lowest BCUT2D eigenvalue weighted by Crippen LogP contribution is -2.48. The number of morpholine rings is 1. The van der Waals surface area contributed by atoms with Crippen molar-refractivity contribution in [3.05, 3.63) is 54.1 Å². The van der Waals surface area contributed by atoms with Gasteiger partial charge >= 0.3 is 6.36 Å². The molecule has 0 aromatic heterocycles. The van der Waals surface area contributed by atoms with Gasteiger partial charge in [-0.15, -0.1) is 13.2 Å². The second-order valence-corrected chi connectivity index (χ2v) is 9.04. The van der Waals surface area contributed by atoms with E-state index in [1.54, 1.807) is 13.8 Å². The highest BCUT2D eigenvalue weighted by Crippen LogP contribution is 2.30.